The third-order valence-corrected chi connectivity index (χ3v) is 2.31. The summed E-state index contributed by atoms with van der Waals surface area (Å²) in [6, 6.07) is 2.31. The van der Waals surface area contributed by atoms with Crippen LogP contribution >= 0.6 is 0 Å². The summed E-state index contributed by atoms with van der Waals surface area (Å²) in [4.78, 5) is 0. The average Bonchev–Trinajstić information content (AvgIpc) is 2.83. The molecular formula is C10H12N2O. The molecule has 0 radical (unpaired) electrons. The Labute approximate surface area is 77.4 Å². The third-order valence-electron chi connectivity index (χ3n) is 2.31. The molecule has 0 spiro atoms. The van der Waals surface area contributed by atoms with E-state index in [0.717, 1.165) is 0 Å². The number of nitrogens with zero attached hydrogens (tertiary/aromatic N) is 2. The standard InChI is InChI=1S/C10H12N2O/c1-3-10(2,13)9-6-7-12(11-9)8-4-5-8/h1,6-8,13H,4-5H2,2H3. The van der Waals surface area contributed by atoms with Crippen molar-refractivity contribution in [2.24, 2.45) is 0 Å². The molecule has 1 aliphatic rings. The van der Waals surface area contributed by atoms with Gasteiger partial charge in [-0.1, -0.05) is 5.92 Å². The molecule has 0 saturated heterocycles. The molecule has 1 fully saturated rings. The lowest BCUT2D eigenvalue weighted by molar-refractivity contribution is 0.116. The van der Waals surface area contributed by atoms with Gasteiger partial charge >= 0.3 is 0 Å². The van der Waals surface area contributed by atoms with Gasteiger partial charge in [-0.25, -0.2) is 0 Å². The van der Waals surface area contributed by atoms with Crippen molar-refractivity contribution in [3.8, 4) is 12.3 Å². The SMILES string of the molecule is C#CC(C)(O)c1ccn(C2CC2)n1. The number of hydrogen-bond acceptors (Lipinski definition) is 2. The fourth-order valence-corrected chi connectivity index (χ4v) is 1.21. The van der Waals surface area contributed by atoms with E-state index in [9.17, 15) is 5.11 Å². The van der Waals surface area contributed by atoms with E-state index in [2.05, 4.69) is 11.0 Å². The molecule has 0 aliphatic heterocycles. The van der Waals surface area contributed by atoms with Crippen LogP contribution in [0.5, 0.6) is 0 Å². The first kappa shape index (κ1) is 8.33. The van der Waals surface area contributed by atoms with Gasteiger partial charge in [-0.15, -0.1) is 6.42 Å². The van der Waals surface area contributed by atoms with Crippen LogP contribution in [0.2, 0.25) is 0 Å². The highest BCUT2D eigenvalue weighted by Gasteiger charge is 2.28. The van der Waals surface area contributed by atoms with Gasteiger partial charge < -0.3 is 5.11 Å². The van der Waals surface area contributed by atoms with Gasteiger partial charge in [-0.05, 0) is 25.8 Å². The first-order chi connectivity index (χ1) is 6.13. The van der Waals surface area contributed by atoms with Gasteiger partial charge in [0.05, 0.1) is 6.04 Å². The van der Waals surface area contributed by atoms with Crippen LogP contribution in [0.4, 0.5) is 0 Å². The van der Waals surface area contributed by atoms with Crippen molar-refractivity contribution in [2.45, 2.75) is 31.4 Å². The van der Waals surface area contributed by atoms with Crippen LogP contribution < -0.4 is 0 Å². The molecule has 2 rings (SSSR count). The fraction of sp³-hybridized carbons (Fsp3) is 0.500. The zero-order valence-corrected chi connectivity index (χ0v) is 7.57. The second-order valence-electron chi connectivity index (χ2n) is 3.63. The molecule has 1 unspecified atom stereocenters. The van der Waals surface area contributed by atoms with Crippen LogP contribution in [0.1, 0.15) is 31.5 Å². The molecule has 1 aromatic heterocycles. The molecule has 0 aromatic carbocycles. The van der Waals surface area contributed by atoms with Gasteiger partial charge in [0.2, 0.25) is 0 Å². The number of rotatable bonds is 2. The summed E-state index contributed by atoms with van der Waals surface area (Å²) in [7, 11) is 0. The van der Waals surface area contributed by atoms with E-state index in [4.69, 9.17) is 6.42 Å². The Bertz CT molecular complexity index is 355. The van der Waals surface area contributed by atoms with Crippen LogP contribution in [0.25, 0.3) is 0 Å². The molecule has 68 valence electrons. The minimum atomic E-state index is -1.24. The molecule has 1 atom stereocenters. The molecule has 3 heteroatoms. The summed E-state index contributed by atoms with van der Waals surface area (Å²) in [5.74, 6) is 2.31. The average molecular weight is 176 g/mol. The van der Waals surface area contributed by atoms with Gasteiger partial charge in [0.1, 0.15) is 5.69 Å². The number of aromatic nitrogens is 2. The predicted molar refractivity (Wildman–Crippen MR) is 48.9 cm³/mol. The van der Waals surface area contributed by atoms with Crippen LogP contribution in [0.3, 0.4) is 0 Å². The Morgan fingerprint density at radius 1 is 1.77 bits per heavy atom. The summed E-state index contributed by atoms with van der Waals surface area (Å²) in [6.45, 7) is 1.58. The fourth-order valence-electron chi connectivity index (χ4n) is 1.21. The number of aliphatic hydroxyl groups is 1. The van der Waals surface area contributed by atoms with E-state index in [1.165, 1.54) is 12.8 Å². The van der Waals surface area contributed by atoms with Crippen molar-refractivity contribution >= 4 is 0 Å². The maximum absolute atomic E-state index is 9.70. The molecule has 1 heterocycles. The molecule has 1 N–H and O–H groups in total. The lowest BCUT2D eigenvalue weighted by atomic mass is 10.1. The van der Waals surface area contributed by atoms with Crippen LogP contribution in [-0.2, 0) is 5.60 Å². The molecule has 1 aliphatic carbocycles. The van der Waals surface area contributed by atoms with E-state index >= 15 is 0 Å². The highest BCUT2D eigenvalue weighted by molar-refractivity contribution is 5.21. The Kier molecular flexibility index (Phi) is 1.67. The quantitative estimate of drug-likeness (QED) is 0.684. The van der Waals surface area contributed by atoms with Crippen molar-refractivity contribution in [1.82, 2.24) is 9.78 Å². The zero-order chi connectivity index (χ0) is 9.47. The highest BCUT2D eigenvalue weighted by Crippen LogP contribution is 2.34. The number of terminal acetylenes is 1. The molecule has 1 aromatic rings. The lowest BCUT2D eigenvalue weighted by Crippen LogP contribution is -2.19. The Balaban J connectivity index is 2.27. The van der Waals surface area contributed by atoms with Gasteiger partial charge in [0.15, 0.2) is 5.60 Å². The topological polar surface area (TPSA) is 38.0 Å². The van der Waals surface area contributed by atoms with E-state index in [0.29, 0.717) is 11.7 Å². The van der Waals surface area contributed by atoms with Crippen molar-refractivity contribution in [3.63, 3.8) is 0 Å². The third kappa shape index (κ3) is 1.45. The van der Waals surface area contributed by atoms with Gasteiger partial charge in [-0.2, -0.15) is 5.10 Å². The van der Waals surface area contributed by atoms with E-state index < -0.39 is 5.60 Å². The summed E-state index contributed by atoms with van der Waals surface area (Å²) in [5.41, 5.74) is -0.679. The first-order valence-corrected chi connectivity index (χ1v) is 4.39. The van der Waals surface area contributed by atoms with Crippen LogP contribution in [-0.4, -0.2) is 14.9 Å². The largest absolute Gasteiger partial charge is 0.372 e. The van der Waals surface area contributed by atoms with Crippen molar-refractivity contribution in [1.29, 1.82) is 0 Å². The molecule has 0 amide bonds. The van der Waals surface area contributed by atoms with Gasteiger partial charge in [0.25, 0.3) is 0 Å². The summed E-state index contributed by atoms with van der Waals surface area (Å²) in [5, 5.41) is 13.9. The van der Waals surface area contributed by atoms with Crippen molar-refractivity contribution in [2.75, 3.05) is 0 Å². The lowest BCUT2D eigenvalue weighted by Gasteiger charge is -2.12. The second-order valence-corrected chi connectivity index (χ2v) is 3.63. The monoisotopic (exact) mass is 176 g/mol. The maximum atomic E-state index is 9.70. The van der Waals surface area contributed by atoms with Crippen LogP contribution in [0, 0.1) is 12.3 Å². The molecule has 1 saturated carbocycles. The smallest absolute Gasteiger partial charge is 0.166 e. The van der Waals surface area contributed by atoms with Crippen LogP contribution in [0.15, 0.2) is 12.3 Å². The van der Waals surface area contributed by atoms with E-state index in [-0.39, 0.29) is 0 Å². The minimum Gasteiger partial charge on any atom is -0.372 e. The van der Waals surface area contributed by atoms with E-state index in [1.807, 2.05) is 10.9 Å². The van der Waals surface area contributed by atoms with Crippen molar-refractivity contribution < 1.29 is 5.11 Å². The summed E-state index contributed by atoms with van der Waals surface area (Å²) < 4.78 is 1.88. The second kappa shape index (κ2) is 2.61. The maximum Gasteiger partial charge on any atom is 0.166 e. The molecule has 0 bridgehead atoms. The molecule has 3 nitrogen and oxygen atoms in total. The minimum absolute atomic E-state index is 0.530. The Hall–Kier alpha value is -1.27. The summed E-state index contributed by atoms with van der Waals surface area (Å²) >= 11 is 0. The molecular weight excluding hydrogens is 164 g/mol. The van der Waals surface area contributed by atoms with E-state index in [1.54, 1.807) is 13.0 Å². The van der Waals surface area contributed by atoms with Gasteiger partial charge in [0, 0.05) is 6.20 Å². The normalized spacial score (nSPS) is 20.7. The Morgan fingerprint density at radius 2 is 2.46 bits per heavy atom. The Morgan fingerprint density at radius 3 is 3.00 bits per heavy atom. The van der Waals surface area contributed by atoms with Crippen molar-refractivity contribution in [3.05, 3.63) is 18.0 Å². The summed E-state index contributed by atoms with van der Waals surface area (Å²) in [6.07, 6.45) is 9.42. The first-order valence-electron chi connectivity index (χ1n) is 4.39. The highest BCUT2D eigenvalue weighted by atomic mass is 16.3. The predicted octanol–water partition coefficient (Wildman–Crippen LogP) is 1.06. The zero-order valence-electron chi connectivity index (χ0n) is 7.57. The van der Waals surface area contributed by atoms with Gasteiger partial charge in [-0.3, -0.25) is 4.68 Å². The molecule has 13 heavy (non-hydrogen) atoms. The number of hydrogen-bond donors (Lipinski definition) is 1.